The lowest BCUT2D eigenvalue weighted by Crippen LogP contribution is -2.43. The SMILES string of the molecule is O=C(NNC(=O)c1c(O)c2ccccc2[nH]c1=O)c1ccccc1Cl. The number of rotatable bonds is 2. The first-order chi connectivity index (χ1) is 12.0. The van der Waals surface area contributed by atoms with E-state index in [4.69, 9.17) is 11.6 Å². The fourth-order valence-corrected chi connectivity index (χ4v) is 2.55. The van der Waals surface area contributed by atoms with Gasteiger partial charge in [-0.05, 0) is 24.3 Å². The molecule has 0 radical (unpaired) electrons. The quantitative estimate of drug-likeness (QED) is 0.525. The van der Waals surface area contributed by atoms with Gasteiger partial charge in [-0.2, -0.15) is 0 Å². The molecule has 2 amide bonds. The molecule has 3 rings (SSSR count). The van der Waals surface area contributed by atoms with E-state index in [1.165, 1.54) is 12.1 Å². The Morgan fingerprint density at radius 3 is 2.36 bits per heavy atom. The van der Waals surface area contributed by atoms with Gasteiger partial charge in [0.05, 0.1) is 16.1 Å². The van der Waals surface area contributed by atoms with E-state index in [1.807, 2.05) is 0 Å². The minimum absolute atomic E-state index is 0.154. The molecule has 126 valence electrons. The second kappa shape index (κ2) is 6.66. The lowest BCUT2D eigenvalue weighted by atomic mass is 10.1. The highest BCUT2D eigenvalue weighted by Crippen LogP contribution is 2.24. The number of halogens is 1. The molecule has 0 aliphatic carbocycles. The second-order valence-corrected chi connectivity index (χ2v) is 5.52. The van der Waals surface area contributed by atoms with Crippen molar-refractivity contribution in [1.29, 1.82) is 0 Å². The number of carbonyl (C=O) groups excluding carboxylic acids is 2. The van der Waals surface area contributed by atoms with Crippen LogP contribution in [0.3, 0.4) is 0 Å². The molecule has 0 aliphatic heterocycles. The van der Waals surface area contributed by atoms with Crippen molar-refractivity contribution in [2.45, 2.75) is 0 Å². The van der Waals surface area contributed by atoms with Crippen molar-refractivity contribution in [2.24, 2.45) is 0 Å². The third-order valence-corrected chi connectivity index (χ3v) is 3.86. The average molecular weight is 358 g/mol. The van der Waals surface area contributed by atoms with Gasteiger partial charge in [-0.1, -0.05) is 35.9 Å². The van der Waals surface area contributed by atoms with Gasteiger partial charge in [-0.15, -0.1) is 0 Å². The van der Waals surface area contributed by atoms with Gasteiger partial charge in [-0.25, -0.2) is 0 Å². The summed E-state index contributed by atoms with van der Waals surface area (Å²) in [5.74, 6) is -2.08. The molecule has 7 nitrogen and oxygen atoms in total. The summed E-state index contributed by atoms with van der Waals surface area (Å²) in [7, 11) is 0. The van der Waals surface area contributed by atoms with Crippen LogP contribution >= 0.6 is 11.6 Å². The lowest BCUT2D eigenvalue weighted by molar-refractivity contribution is 0.0844. The van der Waals surface area contributed by atoms with Crippen LogP contribution in [0.1, 0.15) is 20.7 Å². The number of fused-ring (bicyclic) bond motifs is 1. The van der Waals surface area contributed by atoms with E-state index in [1.54, 1.807) is 36.4 Å². The Hall–Kier alpha value is -3.32. The fourth-order valence-electron chi connectivity index (χ4n) is 2.33. The summed E-state index contributed by atoms with van der Waals surface area (Å²) < 4.78 is 0. The molecule has 0 aliphatic rings. The van der Waals surface area contributed by atoms with Crippen molar-refractivity contribution in [3.05, 3.63) is 75.0 Å². The van der Waals surface area contributed by atoms with Crippen LogP contribution in [-0.4, -0.2) is 21.9 Å². The molecule has 1 heterocycles. The van der Waals surface area contributed by atoms with Crippen molar-refractivity contribution in [3.63, 3.8) is 0 Å². The van der Waals surface area contributed by atoms with Crippen LogP contribution in [0.25, 0.3) is 10.9 Å². The topological polar surface area (TPSA) is 111 Å². The molecular formula is C17H12ClN3O4. The van der Waals surface area contributed by atoms with E-state index >= 15 is 0 Å². The van der Waals surface area contributed by atoms with Crippen molar-refractivity contribution in [1.82, 2.24) is 15.8 Å². The Kier molecular flexibility index (Phi) is 4.40. The molecule has 3 aromatic rings. The van der Waals surface area contributed by atoms with E-state index in [2.05, 4.69) is 15.8 Å². The Morgan fingerprint density at radius 2 is 1.60 bits per heavy atom. The van der Waals surface area contributed by atoms with Crippen LogP contribution in [0.5, 0.6) is 5.75 Å². The molecule has 25 heavy (non-hydrogen) atoms. The normalized spacial score (nSPS) is 10.4. The van der Waals surface area contributed by atoms with Gasteiger partial charge in [0.25, 0.3) is 17.4 Å². The molecule has 1 aromatic heterocycles. The summed E-state index contributed by atoms with van der Waals surface area (Å²) in [5.41, 5.74) is 3.51. The summed E-state index contributed by atoms with van der Waals surface area (Å²) in [5, 5.41) is 10.7. The largest absolute Gasteiger partial charge is 0.506 e. The monoisotopic (exact) mass is 357 g/mol. The predicted molar refractivity (Wildman–Crippen MR) is 92.6 cm³/mol. The summed E-state index contributed by atoms with van der Waals surface area (Å²) >= 11 is 5.90. The number of aromatic hydroxyl groups is 1. The van der Waals surface area contributed by atoms with Crippen molar-refractivity contribution < 1.29 is 14.7 Å². The highest BCUT2D eigenvalue weighted by Gasteiger charge is 2.20. The predicted octanol–water partition coefficient (Wildman–Crippen LogP) is 1.96. The number of nitrogens with one attached hydrogen (secondary N) is 3. The second-order valence-electron chi connectivity index (χ2n) is 5.11. The molecule has 4 N–H and O–H groups in total. The number of hydrazine groups is 1. The van der Waals surface area contributed by atoms with E-state index < -0.39 is 28.7 Å². The Morgan fingerprint density at radius 1 is 0.960 bits per heavy atom. The molecule has 0 saturated carbocycles. The minimum Gasteiger partial charge on any atom is -0.506 e. The van der Waals surface area contributed by atoms with Gasteiger partial charge in [0.2, 0.25) is 0 Å². The fraction of sp³-hybridized carbons (Fsp3) is 0. The molecule has 0 unspecified atom stereocenters. The number of amides is 2. The van der Waals surface area contributed by atoms with Crippen molar-refractivity contribution in [3.8, 4) is 5.75 Å². The first-order valence-electron chi connectivity index (χ1n) is 7.18. The molecule has 0 atom stereocenters. The summed E-state index contributed by atoms with van der Waals surface area (Å²) in [6.45, 7) is 0. The third kappa shape index (κ3) is 3.17. The Balaban J connectivity index is 1.85. The molecule has 0 bridgehead atoms. The smallest absolute Gasteiger partial charge is 0.279 e. The first-order valence-corrected chi connectivity index (χ1v) is 7.56. The number of pyridine rings is 1. The standard InChI is InChI=1S/C17H12ClN3O4/c18-11-7-3-1-5-9(11)15(23)20-21-17(25)13-14(22)10-6-2-4-8-12(10)19-16(13)24/h1-8H,(H,20,23)(H,21,25)(H2,19,22,24). The zero-order valence-corrected chi connectivity index (χ0v) is 13.4. The number of hydrogen-bond donors (Lipinski definition) is 4. The van der Waals surface area contributed by atoms with E-state index in [0.717, 1.165) is 0 Å². The third-order valence-electron chi connectivity index (χ3n) is 3.53. The lowest BCUT2D eigenvalue weighted by Gasteiger charge is -2.10. The van der Waals surface area contributed by atoms with Crippen LogP contribution < -0.4 is 16.4 Å². The van der Waals surface area contributed by atoms with Gasteiger partial charge in [0, 0.05) is 5.39 Å². The highest BCUT2D eigenvalue weighted by atomic mass is 35.5. The maximum Gasteiger partial charge on any atom is 0.279 e. The van der Waals surface area contributed by atoms with Gasteiger partial charge in [0.15, 0.2) is 0 Å². The first kappa shape index (κ1) is 16.5. The van der Waals surface area contributed by atoms with Gasteiger partial charge in [-0.3, -0.25) is 25.2 Å². The highest BCUT2D eigenvalue weighted by molar-refractivity contribution is 6.33. The van der Waals surface area contributed by atoms with Gasteiger partial charge in [0.1, 0.15) is 11.3 Å². The number of para-hydroxylation sites is 1. The molecule has 0 fully saturated rings. The maximum absolute atomic E-state index is 12.2. The number of aromatic amines is 1. The van der Waals surface area contributed by atoms with E-state index in [0.29, 0.717) is 10.9 Å². The van der Waals surface area contributed by atoms with Crippen LogP contribution in [0.2, 0.25) is 5.02 Å². The zero-order valence-electron chi connectivity index (χ0n) is 12.7. The zero-order chi connectivity index (χ0) is 18.0. The van der Waals surface area contributed by atoms with Crippen molar-refractivity contribution in [2.75, 3.05) is 0 Å². The van der Waals surface area contributed by atoms with E-state index in [-0.39, 0.29) is 10.6 Å². The molecular weight excluding hydrogens is 346 g/mol. The van der Waals surface area contributed by atoms with Crippen LogP contribution in [0.4, 0.5) is 0 Å². The van der Waals surface area contributed by atoms with Crippen LogP contribution in [-0.2, 0) is 0 Å². The number of carbonyl (C=O) groups is 2. The molecule has 0 spiro atoms. The Bertz CT molecular complexity index is 1050. The number of benzene rings is 2. The van der Waals surface area contributed by atoms with Gasteiger partial charge >= 0.3 is 0 Å². The maximum atomic E-state index is 12.2. The number of aromatic nitrogens is 1. The summed E-state index contributed by atoms with van der Waals surface area (Å²) in [6.07, 6.45) is 0. The summed E-state index contributed by atoms with van der Waals surface area (Å²) in [4.78, 5) is 38.8. The number of H-pyrrole nitrogens is 1. The van der Waals surface area contributed by atoms with Crippen molar-refractivity contribution >= 4 is 34.3 Å². The minimum atomic E-state index is -0.954. The summed E-state index contributed by atoms with van der Waals surface area (Å²) in [6, 6.07) is 12.8. The van der Waals surface area contributed by atoms with Crippen LogP contribution in [0, 0.1) is 0 Å². The Labute approximate surface area is 146 Å². The van der Waals surface area contributed by atoms with Gasteiger partial charge < -0.3 is 10.1 Å². The average Bonchev–Trinajstić information content (AvgIpc) is 2.60. The molecule has 2 aromatic carbocycles. The molecule has 8 heteroatoms. The number of hydrogen-bond acceptors (Lipinski definition) is 4. The molecule has 0 saturated heterocycles. The van der Waals surface area contributed by atoms with Crippen LogP contribution in [0.15, 0.2) is 53.3 Å². The van der Waals surface area contributed by atoms with E-state index in [9.17, 15) is 19.5 Å².